The maximum atomic E-state index is 13.0. The summed E-state index contributed by atoms with van der Waals surface area (Å²) in [5.74, 6) is 1.15. The molecule has 1 saturated heterocycles. The molecular formula is C22H21ClN2O4. The van der Waals surface area contributed by atoms with Crippen molar-refractivity contribution >= 4 is 28.6 Å². The zero-order valence-electron chi connectivity index (χ0n) is 15.9. The number of hydrogen-bond acceptors (Lipinski definition) is 5. The van der Waals surface area contributed by atoms with E-state index < -0.39 is 6.10 Å². The Kier molecular flexibility index (Phi) is 4.68. The number of aliphatic hydroxyl groups excluding tert-OH is 1. The van der Waals surface area contributed by atoms with Crippen molar-refractivity contribution in [2.45, 2.75) is 38.4 Å². The summed E-state index contributed by atoms with van der Waals surface area (Å²) in [6.45, 7) is 1.39. The molecule has 4 heterocycles. The molecule has 1 N–H and O–H groups in total. The second-order valence-corrected chi connectivity index (χ2v) is 8.02. The van der Waals surface area contributed by atoms with Crippen LogP contribution in [-0.4, -0.2) is 40.1 Å². The number of fused-ring (bicyclic) bond motifs is 2. The van der Waals surface area contributed by atoms with Crippen molar-refractivity contribution in [2.24, 2.45) is 0 Å². The predicted octanol–water partition coefficient (Wildman–Crippen LogP) is 3.96. The van der Waals surface area contributed by atoms with Crippen LogP contribution in [0.25, 0.3) is 22.2 Å². The third kappa shape index (κ3) is 3.26. The van der Waals surface area contributed by atoms with Gasteiger partial charge in [-0.25, -0.2) is 0 Å². The van der Waals surface area contributed by atoms with Gasteiger partial charge in [-0.2, -0.15) is 0 Å². The molecule has 5 rings (SSSR count). The van der Waals surface area contributed by atoms with Crippen LogP contribution in [0.2, 0.25) is 5.02 Å². The van der Waals surface area contributed by atoms with Gasteiger partial charge in [-0.15, -0.1) is 0 Å². The van der Waals surface area contributed by atoms with Gasteiger partial charge in [-0.3, -0.25) is 9.78 Å². The van der Waals surface area contributed by atoms with E-state index in [9.17, 15) is 9.90 Å². The van der Waals surface area contributed by atoms with Crippen LogP contribution >= 0.6 is 11.6 Å². The molecule has 2 aliphatic heterocycles. The van der Waals surface area contributed by atoms with Gasteiger partial charge in [0.05, 0.1) is 0 Å². The number of aromatic nitrogens is 1. The van der Waals surface area contributed by atoms with Gasteiger partial charge >= 0.3 is 0 Å². The first kappa shape index (κ1) is 18.5. The monoisotopic (exact) mass is 412 g/mol. The molecule has 0 saturated carbocycles. The van der Waals surface area contributed by atoms with Crippen molar-refractivity contribution < 1.29 is 19.1 Å². The van der Waals surface area contributed by atoms with E-state index in [1.807, 2.05) is 23.1 Å². The molecule has 0 bridgehead atoms. The van der Waals surface area contributed by atoms with Gasteiger partial charge in [-0.05, 0) is 37.5 Å². The third-order valence-corrected chi connectivity index (χ3v) is 5.87. The van der Waals surface area contributed by atoms with Crippen LogP contribution in [0, 0.1) is 0 Å². The summed E-state index contributed by atoms with van der Waals surface area (Å²) in [4.78, 5) is 19.2. The summed E-state index contributed by atoms with van der Waals surface area (Å²) in [6, 6.07) is 7.24. The number of benzene rings is 1. The average Bonchev–Trinajstić information content (AvgIpc) is 3.36. The number of pyridine rings is 1. The number of amides is 1. The second-order valence-electron chi connectivity index (χ2n) is 7.58. The van der Waals surface area contributed by atoms with E-state index in [-0.39, 0.29) is 12.5 Å². The minimum atomic E-state index is -0.526. The Morgan fingerprint density at radius 1 is 1.21 bits per heavy atom. The Morgan fingerprint density at radius 2 is 2.03 bits per heavy atom. The average molecular weight is 413 g/mol. The number of carbonyl (C=O) groups is 1. The molecule has 0 aliphatic carbocycles. The van der Waals surface area contributed by atoms with Gasteiger partial charge < -0.3 is 19.2 Å². The second kappa shape index (κ2) is 7.35. The summed E-state index contributed by atoms with van der Waals surface area (Å²) >= 11 is 6.40. The molecule has 0 spiro atoms. The zero-order valence-corrected chi connectivity index (χ0v) is 16.6. The van der Waals surface area contributed by atoms with Crippen molar-refractivity contribution in [2.75, 3.05) is 13.1 Å². The minimum absolute atomic E-state index is 0.0448. The number of nitrogens with zero attached hydrogens (tertiary/aromatic N) is 2. The van der Waals surface area contributed by atoms with E-state index >= 15 is 0 Å². The van der Waals surface area contributed by atoms with Gasteiger partial charge in [0.2, 0.25) is 0 Å². The van der Waals surface area contributed by atoms with Gasteiger partial charge in [0.15, 0.2) is 11.7 Å². The van der Waals surface area contributed by atoms with Crippen molar-refractivity contribution in [3.8, 4) is 16.9 Å². The third-order valence-electron chi connectivity index (χ3n) is 5.65. The van der Waals surface area contributed by atoms with Crippen LogP contribution in [0.5, 0.6) is 5.75 Å². The molecule has 2 aromatic heterocycles. The molecule has 0 radical (unpaired) electrons. The Hall–Kier alpha value is -2.57. The lowest BCUT2D eigenvalue weighted by molar-refractivity contribution is -0.138. The van der Waals surface area contributed by atoms with Crippen molar-refractivity contribution in [3.05, 3.63) is 46.8 Å². The SMILES string of the molecule is O=C(C1Cc2cc(Cl)cc(-c3ccnc4cc(CO)oc34)c2O1)N1CCCCC1. The van der Waals surface area contributed by atoms with Crippen LogP contribution in [-0.2, 0) is 17.8 Å². The fraction of sp³-hybridized carbons (Fsp3) is 0.364. The van der Waals surface area contributed by atoms with Gasteiger partial charge in [-0.1, -0.05) is 11.6 Å². The Bertz CT molecular complexity index is 1090. The lowest BCUT2D eigenvalue weighted by Crippen LogP contribution is -2.43. The van der Waals surface area contributed by atoms with Crippen LogP contribution in [0.1, 0.15) is 30.6 Å². The highest BCUT2D eigenvalue weighted by Crippen LogP contribution is 2.43. The molecule has 29 heavy (non-hydrogen) atoms. The van der Waals surface area contributed by atoms with Crippen LogP contribution < -0.4 is 4.74 Å². The highest BCUT2D eigenvalue weighted by molar-refractivity contribution is 6.31. The largest absolute Gasteiger partial charge is 0.479 e. The molecule has 6 nitrogen and oxygen atoms in total. The van der Waals surface area contributed by atoms with E-state index in [2.05, 4.69) is 4.98 Å². The predicted molar refractivity (Wildman–Crippen MR) is 109 cm³/mol. The molecule has 2 aliphatic rings. The summed E-state index contributed by atoms with van der Waals surface area (Å²) < 4.78 is 12.0. The van der Waals surface area contributed by atoms with Gasteiger partial charge in [0, 0.05) is 53.5 Å². The lowest BCUT2D eigenvalue weighted by Gasteiger charge is -2.28. The summed E-state index contributed by atoms with van der Waals surface area (Å²) in [5, 5.41) is 9.99. The quantitative estimate of drug-likeness (QED) is 0.704. The number of halogens is 1. The van der Waals surface area contributed by atoms with Crippen molar-refractivity contribution in [1.29, 1.82) is 0 Å². The zero-order chi connectivity index (χ0) is 20.0. The molecule has 1 amide bonds. The molecule has 150 valence electrons. The normalized spacial score (nSPS) is 18.7. The van der Waals surface area contributed by atoms with Crippen molar-refractivity contribution in [3.63, 3.8) is 0 Å². The van der Waals surface area contributed by atoms with E-state index in [0.717, 1.165) is 42.6 Å². The number of aliphatic hydroxyl groups is 1. The number of hydrogen-bond donors (Lipinski definition) is 1. The van der Waals surface area contributed by atoms with Gasteiger partial charge in [0.25, 0.3) is 5.91 Å². The molecule has 7 heteroatoms. The molecular weight excluding hydrogens is 392 g/mol. The van der Waals surface area contributed by atoms with Crippen LogP contribution in [0.3, 0.4) is 0 Å². The fourth-order valence-corrected chi connectivity index (χ4v) is 4.50. The Labute approximate surface area is 173 Å². The number of rotatable bonds is 3. The summed E-state index contributed by atoms with van der Waals surface area (Å²) in [5.41, 5.74) is 3.68. The van der Waals surface area contributed by atoms with Gasteiger partial charge in [0.1, 0.15) is 23.6 Å². The minimum Gasteiger partial charge on any atom is -0.479 e. The Balaban J connectivity index is 1.54. The van der Waals surface area contributed by atoms with Crippen LogP contribution in [0.4, 0.5) is 0 Å². The maximum Gasteiger partial charge on any atom is 0.263 e. The Morgan fingerprint density at radius 3 is 2.83 bits per heavy atom. The van der Waals surface area contributed by atoms with E-state index in [4.69, 9.17) is 20.8 Å². The number of likely N-dealkylation sites (tertiary alicyclic amines) is 1. The standard InChI is InChI=1S/C22H21ClN2O4/c23-14-8-13-9-19(22(27)25-6-2-1-3-7-25)29-20(13)17(10-14)16-4-5-24-18-11-15(12-26)28-21(16)18/h4-5,8,10-11,19,26H,1-3,6-7,9,12H2. The highest BCUT2D eigenvalue weighted by Gasteiger charge is 2.35. The highest BCUT2D eigenvalue weighted by atomic mass is 35.5. The van der Waals surface area contributed by atoms with Crippen LogP contribution in [0.15, 0.2) is 34.9 Å². The molecule has 3 aromatic rings. The smallest absolute Gasteiger partial charge is 0.263 e. The number of furan rings is 1. The lowest BCUT2D eigenvalue weighted by atomic mass is 10.00. The number of carbonyl (C=O) groups excluding carboxylic acids is 1. The number of ether oxygens (including phenoxy) is 1. The number of piperidine rings is 1. The summed E-state index contributed by atoms with van der Waals surface area (Å²) in [6.07, 6.45) is 4.93. The fourth-order valence-electron chi connectivity index (χ4n) is 4.26. The topological polar surface area (TPSA) is 75.8 Å². The van der Waals surface area contributed by atoms with E-state index in [0.29, 0.717) is 34.1 Å². The maximum absolute atomic E-state index is 13.0. The molecule has 1 unspecified atom stereocenters. The first-order chi connectivity index (χ1) is 14.1. The first-order valence-electron chi connectivity index (χ1n) is 9.90. The molecule has 1 atom stereocenters. The van der Waals surface area contributed by atoms with E-state index in [1.54, 1.807) is 12.3 Å². The van der Waals surface area contributed by atoms with E-state index in [1.165, 1.54) is 6.42 Å². The van der Waals surface area contributed by atoms with Crippen molar-refractivity contribution in [1.82, 2.24) is 9.88 Å². The summed E-state index contributed by atoms with van der Waals surface area (Å²) in [7, 11) is 0. The molecule has 1 fully saturated rings. The molecule has 1 aromatic carbocycles. The first-order valence-corrected chi connectivity index (χ1v) is 10.3.